The number of para-hydroxylation sites is 1. The lowest BCUT2D eigenvalue weighted by molar-refractivity contribution is -0.135. The zero-order chi connectivity index (χ0) is 20.0. The Morgan fingerprint density at radius 3 is 2.15 bits per heavy atom. The third-order valence-corrected chi connectivity index (χ3v) is 5.14. The van der Waals surface area contributed by atoms with Crippen molar-refractivity contribution in [3.63, 3.8) is 0 Å². The number of amides is 1. The molecular weight excluding hydrogens is 368 g/mol. The maximum absolute atomic E-state index is 12.8. The number of hydrogen-bond donors (Lipinski definition) is 2. The lowest BCUT2D eigenvalue weighted by atomic mass is 10.2. The highest BCUT2D eigenvalue weighted by Crippen LogP contribution is 2.18. The number of benzene rings is 2. The van der Waals surface area contributed by atoms with E-state index >= 15 is 0 Å². The van der Waals surface area contributed by atoms with Gasteiger partial charge in [0.15, 0.2) is 0 Å². The van der Waals surface area contributed by atoms with Crippen molar-refractivity contribution in [2.75, 3.05) is 18.0 Å². The number of carbonyl (C=O) groups is 2. The molecule has 0 radical (unpaired) electrons. The minimum atomic E-state index is -3.66. The van der Waals surface area contributed by atoms with Crippen LogP contribution in [0.1, 0.15) is 24.2 Å². The van der Waals surface area contributed by atoms with Crippen LogP contribution in [0.5, 0.6) is 0 Å². The van der Waals surface area contributed by atoms with Gasteiger partial charge in [0, 0.05) is 17.8 Å². The Morgan fingerprint density at radius 1 is 1.04 bits per heavy atom. The second-order valence-corrected chi connectivity index (χ2v) is 8.16. The van der Waals surface area contributed by atoms with Crippen LogP contribution < -0.4 is 9.62 Å². The molecule has 7 nitrogen and oxygen atoms in total. The fraction of sp³-hybridized carbons (Fsp3) is 0.263. The summed E-state index contributed by atoms with van der Waals surface area (Å²) in [6.45, 7) is 3.60. The van der Waals surface area contributed by atoms with Gasteiger partial charge in [0.25, 0.3) is 5.91 Å². The van der Waals surface area contributed by atoms with E-state index in [-0.39, 0.29) is 16.4 Å². The smallest absolute Gasteiger partial charge is 0.323 e. The van der Waals surface area contributed by atoms with E-state index in [4.69, 9.17) is 5.11 Å². The Hall–Kier alpha value is -2.71. The summed E-state index contributed by atoms with van der Waals surface area (Å²) in [4.78, 5) is 25.1. The number of anilines is 1. The quantitative estimate of drug-likeness (QED) is 0.720. The zero-order valence-corrected chi connectivity index (χ0v) is 15.9. The zero-order valence-electron chi connectivity index (χ0n) is 15.1. The van der Waals surface area contributed by atoms with Gasteiger partial charge in [-0.1, -0.05) is 32.0 Å². The summed E-state index contributed by atoms with van der Waals surface area (Å²) in [5.41, 5.74) is 0.642. The summed E-state index contributed by atoms with van der Waals surface area (Å²) in [5.74, 6) is -1.51. The predicted octanol–water partition coefficient (Wildman–Crippen LogP) is 2.35. The molecule has 8 heteroatoms. The summed E-state index contributed by atoms with van der Waals surface area (Å²) in [7, 11) is -3.66. The van der Waals surface area contributed by atoms with Crippen molar-refractivity contribution in [2.24, 2.45) is 5.92 Å². The van der Waals surface area contributed by atoms with Crippen LogP contribution in [0, 0.1) is 5.92 Å². The average molecular weight is 390 g/mol. The first-order chi connectivity index (χ1) is 12.7. The predicted molar refractivity (Wildman–Crippen MR) is 102 cm³/mol. The van der Waals surface area contributed by atoms with E-state index < -0.39 is 28.4 Å². The third kappa shape index (κ3) is 5.63. The second-order valence-electron chi connectivity index (χ2n) is 6.39. The number of carboxylic acid groups (broad SMARTS) is 1. The molecule has 0 saturated carbocycles. The molecule has 1 amide bonds. The highest BCUT2D eigenvalue weighted by Gasteiger charge is 2.21. The van der Waals surface area contributed by atoms with E-state index in [1.165, 1.54) is 24.3 Å². The Morgan fingerprint density at radius 2 is 1.63 bits per heavy atom. The van der Waals surface area contributed by atoms with Crippen molar-refractivity contribution in [1.29, 1.82) is 0 Å². The van der Waals surface area contributed by atoms with Crippen LogP contribution in [0.15, 0.2) is 59.5 Å². The number of sulfonamides is 1. The third-order valence-electron chi connectivity index (χ3n) is 3.70. The van der Waals surface area contributed by atoms with E-state index in [2.05, 4.69) is 4.72 Å². The van der Waals surface area contributed by atoms with Crippen molar-refractivity contribution < 1.29 is 23.1 Å². The Labute approximate surface area is 158 Å². The summed E-state index contributed by atoms with van der Waals surface area (Å²) in [6.07, 6.45) is 0. The summed E-state index contributed by atoms with van der Waals surface area (Å²) in [6, 6.07) is 13.9. The average Bonchev–Trinajstić information content (AvgIpc) is 2.65. The van der Waals surface area contributed by atoms with Crippen molar-refractivity contribution in [3.05, 3.63) is 60.2 Å². The van der Waals surface area contributed by atoms with Crippen molar-refractivity contribution in [2.45, 2.75) is 18.7 Å². The van der Waals surface area contributed by atoms with Crippen LogP contribution in [0.25, 0.3) is 0 Å². The fourth-order valence-corrected chi connectivity index (χ4v) is 3.53. The minimum absolute atomic E-state index is 0.0456. The molecule has 0 saturated heterocycles. The molecule has 0 unspecified atom stereocenters. The molecule has 0 bridgehead atoms. The van der Waals surface area contributed by atoms with Crippen LogP contribution in [-0.4, -0.2) is 38.5 Å². The molecule has 0 atom stereocenters. The molecule has 2 aromatic rings. The van der Waals surface area contributed by atoms with Crippen LogP contribution in [0.3, 0.4) is 0 Å². The van der Waals surface area contributed by atoms with Gasteiger partial charge in [0.05, 0.1) is 4.90 Å². The van der Waals surface area contributed by atoms with Gasteiger partial charge in [-0.3, -0.25) is 14.5 Å². The van der Waals surface area contributed by atoms with Gasteiger partial charge in [-0.15, -0.1) is 0 Å². The van der Waals surface area contributed by atoms with Crippen LogP contribution >= 0.6 is 0 Å². The first-order valence-electron chi connectivity index (χ1n) is 8.39. The molecule has 0 aliphatic heterocycles. The van der Waals surface area contributed by atoms with Gasteiger partial charge < -0.3 is 5.11 Å². The maximum atomic E-state index is 12.8. The SMILES string of the molecule is CC(C)CNS(=O)(=O)c1ccc(C(=O)N(CC(=O)O)c2ccccc2)cc1. The number of carboxylic acids is 1. The van der Waals surface area contributed by atoms with E-state index in [9.17, 15) is 18.0 Å². The molecule has 0 heterocycles. The number of nitrogens with one attached hydrogen (secondary N) is 1. The Kier molecular flexibility index (Phi) is 6.70. The van der Waals surface area contributed by atoms with Gasteiger partial charge in [-0.2, -0.15) is 0 Å². The molecule has 144 valence electrons. The van der Waals surface area contributed by atoms with Crippen LogP contribution in [0.4, 0.5) is 5.69 Å². The van der Waals surface area contributed by atoms with Gasteiger partial charge in [-0.25, -0.2) is 13.1 Å². The molecule has 0 fully saturated rings. The Bertz CT molecular complexity index is 893. The minimum Gasteiger partial charge on any atom is -0.480 e. The molecular formula is C19H22N2O5S. The van der Waals surface area contributed by atoms with Gasteiger partial charge in [-0.05, 0) is 42.3 Å². The molecule has 2 rings (SSSR count). The van der Waals surface area contributed by atoms with Crippen molar-refractivity contribution in [3.8, 4) is 0 Å². The fourth-order valence-electron chi connectivity index (χ4n) is 2.32. The number of aliphatic carboxylic acids is 1. The monoisotopic (exact) mass is 390 g/mol. The number of rotatable bonds is 8. The standard InChI is InChI=1S/C19H22N2O5S/c1-14(2)12-20-27(25,26)17-10-8-15(9-11-17)19(24)21(13-18(22)23)16-6-4-3-5-7-16/h3-11,14,20H,12-13H2,1-2H3,(H,22,23). The molecule has 0 aromatic heterocycles. The number of hydrogen-bond acceptors (Lipinski definition) is 4. The maximum Gasteiger partial charge on any atom is 0.323 e. The second kappa shape index (κ2) is 8.79. The van der Waals surface area contributed by atoms with Gasteiger partial charge in [0.2, 0.25) is 10.0 Å². The van der Waals surface area contributed by atoms with E-state index in [0.29, 0.717) is 12.2 Å². The van der Waals surface area contributed by atoms with E-state index in [1.54, 1.807) is 30.3 Å². The summed E-state index contributed by atoms with van der Waals surface area (Å²) in [5, 5.41) is 9.11. The first kappa shape index (κ1) is 20.6. The molecule has 0 aliphatic rings. The lowest BCUT2D eigenvalue weighted by Crippen LogP contribution is -2.35. The lowest BCUT2D eigenvalue weighted by Gasteiger charge is -2.21. The highest BCUT2D eigenvalue weighted by atomic mass is 32.2. The van der Waals surface area contributed by atoms with Gasteiger partial charge >= 0.3 is 5.97 Å². The largest absolute Gasteiger partial charge is 0.480 e. The molecule has 2 N–H and O–H groups in total. The van der Waals surface area contributed by atoms with Gasteiger partial charge in [0.1, 0.15) is 6.54 Å². The normalized spacial score (nSPS) is 11.4. The Balaban J connectivity index is 2.26. The van der Waals surface area contributed by atoms with Crippen molar-refractivity contribution in [1.82, 2.24) is 4.72 Å². The first-order valence-corrected chi connectivity index (χ1v) is 9.87. The summed E-state index contributed by atoms with van der Waals surface area (Å²) < 4.78 is 27.0. The van der Waals surface area contributed by atoms with E-state index in [0.717, 1.165) is 4.90 Å². The molecule has 2 aromatic carbocycles. The highest BCUT2D eigenvalue weighted by molar-refractivity contribution is 7.89. The molecule has 0 spiro atoms. The molecule has 0 aliphatic carbocycles. The summed E-state index contributed by atoms with van der Waals surface area (Å²) >= 11 is 0. The number of carbonyl (C=O) groups excluding carboxylic acids is 1. The van der Waals surface area contributed by atoms with Crippen LogP contribution in [-0.2, 0) is 14.8 Å². The topological polar surface area (TPSA) is 104 Å². The molecule has 27 heavy (non-hydrogen) atoms. The van der Waals surface area contributed by atoms with Crippen molar-refractivity contribution >= 4 is 27.6 Å². The van der Waals surface area contributed by atoms with Crippen LogP contribution in [0.2, 0.25) is 0 Å². The van der Waals surface area contributed by atoms with E-state index in [1.807, 2.05) is 13.8 Å². The number of nitrogens with zero attached hydrogens (tertiary/aromatic N) is 1.